The molecule has 1 fully saturated rings. The van der Waals surface area contributed by atoms with Crippen LogP contribution in [0, 0.1) is 0 Å². The number of piperazine rings is 1. The molecule has 0 radical (unpaired) electrons. The number of nitrogens with zero attached hydrogens (tertiary/aromatic N) is 1. The third-order valence-electron chi connectivity index (χ3n) is 5.44. The minimum absolute atomic E-state index is 0. The van der Waals surface area contributed by atoms with Crippen LogP contribution in [-0.4, -0.2) is 31.1 Å². The Morgan fingerprint density at radius 1 is 1.00 bits per heavy atom. The van der Waals surface area contributed by atoms with Crippen LogP contribution in [0.15, 0.2) is 55.1 Å². The number of hydrogen-bond donors (Lipinski definition) is 1. The van der Waals surface area contributed by atoms with Crippen molar-refractivity contribution in [1.82, 2.24) is 10.2 Å². The number of halogens is 2. The van der Waals surface area contributed by atoms with Crippen LogP contribution in [0.25, 0.3) is 11.1 Å². The van der Waals surface area contributed by atoms with Gasteiger partial charge in [-0.05, 0) is 47.1 Å². The molecular weight excluding hydrogens is 363 g/mol. The van der Waals surface area contributed by atoms with Crippen molar-refractivity contribution in [1.29, 1.82) is 0 Å². The van der Waals surface area contributed by atoms with E-state index in [4.69, 9.17) is 0 Å². The van der Waals surface area contributed by atoms with Crippen LogP contribution in [0.5, 0.6) is 0 Å². The topological polar surface area (TPSA) is 15.3 Å². The fourth-order valence-corrected chi connectivity index (χ4v) is 4.20. The smallest absolute Gasteiger partial charge is 0.0352 e. The Morgan fingerprint density at radius 2 is 1.73 bits per heavy atom. The third-order valence-corrected chi connectivity index (χ3v) is 5.44. The van der Waals surface area contributed by atoms with Crippen molar-refractivity contribution in [3.8, 4) is 11.1 Å². The predicted molar refractivity (Wildman–Crippen MR) is 116 cm³/mol. The fourth-order valence-electron chi connectivity index (χ4n) is 4.20. The Hall–Kier alpha value is -1.32. The average molecular weight is 391 g/mol. The first kappa shape index (κ1) is 21.0. The molecule has 1 aliphatic carbocycles. The maximum atomic E-state index is 3.93. The van der Waals surface area contributed by atoms with Gasteiger partial charge < -0.3 is 5.32 Å². The summed E-state index contributed by atoms with van der Waals surface area (Å²) in [6.07, 6.45) is 5.37. The molecule has 1 N–H and O–H groups in total. The van der Waals surface area contributed by atoms with E-state index in [1.165, 1.54) is 27.8 Å². The first-order valence-electron chi connectivity index (χ1n) is 9.13. The van der Waals surface area contributed by atoms with Gasteiger partial charge in [0.25, 0.3) is 0 Å². The second kappa shape index (κ2) is 9.57. The van der Waals surface area contributed by atoms with Crippen LogP contribution in [-0.2, 0) is 6.42 Å². The van der Waals surface area contributed by atoms with Gasteiger partial charge in [-0.3, -0.25) is 4.90 Å². The van der Waals surface area contributed by atoms with E-state index in [0.29, 0.717) is 6.04 Å². The molecule has 2 aromatic rings. The Morgan fingerprint density at radius 3 is 2.50 bits per heavy atom. The first-order valence-corrected chi connectivity index (χ1v) is 9.13. The second-order valence-corrected chi connectivity index (χ2v) is 6.92. The summed E-state index contributed by atoms with van der Waals surface area (Å²) in [5.41, 5.74) is 7.29. The van der Waals surface area contributed by atoms with E-state index in [2.05, 4.69) is 65.3 Å². The Kier molecular flexibility index (Phi) is 7.72. The van der Waals surface area contributed by atoms with E-state index >= 15 is 0 Å². The van der Waals surface area contributed by atoms with Gasteiger partial charge in [-0.2, -0.15) is 0 Å². The molecule has 4 heteroatoms. The average Bonchev–Trinajstić information content (AvgIpc) is 3.01. The van der Waals surface area contributed by atoms with Gasteiger partial charge in [0.1, 0.15) is 0 Å². The zero-order chi connectivity index (χ0) is 16.4. The molecule has 1 heterocycles. The zero-order valence-electron chi connectivity index (χ0n) is 15.1. The molecular formula is C22H28Cl2N2. The number of hydrogen-bond acceptors (Lipinski definition) is 2. The van der Waals surface area contributed by atoms with Crippen molar-refractivity contribution in [2.45, 2.75) is 25.3 Å². The lowest BCUT2D eigenvalue weighted by Crippen LogP contribution is -2.45. The molecule has 0 amide bonds. The summed E-state index contributed by atoms with van der Waals surface area (Å²) in [5.74, 6) is 0. The van der Waals surface area contributed by atoms with Crippen molar-refractivity contribution in [3.63, 3.8) is 0 Å². The molecule has 1 atom stereocenters. The molecule has 0 spiro atoms. The van der Waals surface area contributed by atoms with E-state index in [-0.39, 0.29) is 24.8 Å². The molecule has 140 valence electrons. The summed E-state index contributed by atoms with van der Waals surface area (Å²) < 4.78 is 0. The summed E-state index contributed by atoms with van der Waals surface area (Å²) in [7, 11) is 0. The van der Waals surface area contributed by atoms with Gasteiger partial charge in [-0.25, -0.2) is 0 Å². The highest BCUT2D eigenvalue weighted by Crippen LogP contribution is 2.38. The summed E-state index contributed by atoms with van der Waals surface area (Å²) in [6.45, 7) is 8.40. The fraction of sp³-hybridized carbons (Fsp3) is 0.364. The maximum absolute atomic E-state index is 3.93. The van der Waals surface area contributed by atoms with Crippen molar-refractivity contribution in [2.75, 3.05) is 26.2 Å². The van der Waals surface area contributed by atoms with E-state index in [9.17, 15) is 0 Å². The van der Waals surface area contributed by atoms with Gasteiger partial charge >= 0.3 is 0 Å². The minimum Gasteiger partial charge on any atom is -0.314 e. The monoisotopic (exact) mass is 390 g/mol. The Balaban J connectivity index is 0.00000121. The second-order valence-electron chi connectivity index (χ2n) is 6.92. The summed E-state index contributed by atoms with van der Waals surface area (Å²) in [6, 6.07) is 16.5. The lowest BCUT2D eigenvalue weighted by molar-refractivity contribution is 0.166. The summed E-state index contributed by atoms with van der Waals surface area (Å²) in [4.78, 5) is 2.64. The molecule has 4 rings (SSSR count). The zero-order valence-corrected chi connectivity index (χ0v) is 16.7. The van der Waals surface area contributed by atoms with Crippen molar-refractivity contribution >= 4 is 24.8 Å². The van der Waals surface area contributed by atoms with Gasteiger partial charge in [0.2, 0.25) is 0 Å². The Bertz CT molecular complexity index is 739. The van der Waals surface area contributed by atoms with Gasteiger partial charge in [-0.1, -0.05) is 48.5 Å². The highest BCUT2D eigenvalue weighted by atomic mass is 35.5. The number of nitrogens with one attached hydrogen (secondary N) is 1. The largest absolute Gasteiger partial charge is 0.314 e. The highest BCUT2D eigenvalue weighted by molar-refractivity contribution is 5.85. The number of rotatable bonds is 5. The standard InChI is InChI=1S/C22H26N2.2ClH/c1-2-3-8-22(24-13-11-23-12-14-24)18-9-10-21-19(16-18)15-17-6-4-5-7-20(17)21;;/h2,4-7,9-10,16,22-23H,1,3,8,11-15H2;2*1H/t22-;;/m0../s1. The van der Waals surface area contributed by atoms with E-state index < -0.39 is 0 Å². The van der Waals surface area contributed by atoms with Crippen LogP contribution >= 0.6 is 24.8 Å². The summed E-state index contributed by atoms with van der Waals surface area (Å²) in [5, 5.41) is 3.47. The molecule has 2 nitrogen and oxygen atoms in total. The molecule has 1 saturated heterocycles. The lowest BCUT2D eigenvalue weighted by Gasteiger charge is -2.35. The minimum atomic E-state index is 0. The molecule has 0 saturated carbocycles. The molecule has 2 aromatic carbocycles. The molecule has 1 aliphatic heterocycles. The van der Waals surface area contributed by atoms with Gasteiger partial charge in [0.05, 0.1) is 0 Å². The SMILES string of the molecule is C=CCC[C@@H](c1ccc2c(c1)Cc1ccccc1-2)N1CCNCC1.Cl.Cl. The third kappa shape index (κ3) is 4.15. The normalized spacial score (nSPS) is 16.6. The predicted octanol–water partition coefficient (Wildman–Crippen LogP) is 5.01. The van der Waals surface area contributed by atoms with E-state index in [1.54, 1.807) is 0 Å². The maximum Gasteiger partial charge on any atom is 0.0352 e. The molecule has 0 bridgehead atoms. The summed E-state index contributed by atoms with van der Waals surface area (Å²) >= 11 is 0. The Labute approximate surface area is 169 Å². The van der Waals surface area contributed by atoms with Crippen LogP contribution < -0.4 is 5.32 Å². The van der Waals surface area contributed by atoms with Crippen molar-refractivity contribution in [2.24, 2.45) is 0 Å². The van der Waals surface area contributed by atoms with Crippen LogP contribution in [0.3, 0.4) is 0 Å². The quantitative estimate of drug-likeness (QED) is 0.615. The number of allylic oxidation sites excluding steroid dienone is 1. The van der Waals surface area contributed by atoms with Crippen molar-refractivity contribution < 1.29 is 0 Å². The van der Waals surface area contributed by atoms with E-state index in [1.807, 2.05) is 0 Å². The van der Waals surface area contributed by atoms with Gasteiger partial charge in [0, 0.05) is 32.2 Å². The van der Waals surface area contributed by atoms with Gasteiger partial charge in [0.15, 0.2) is 0 Å². The van der Waals surface area contributed by atoms with Crippen molar-refractivity contribution in [3.05, 3.63) is 71.8 Å². The first-order chi connectivity index (χ1) is 11.9. The number of fused-ring (bicyclic) bond motifs is 3. The molecule has 0 unspecified atom stereocenters. The highest BCUT2D eigenvalue weighted by Gasteiger charge is 2.24. The molecule has 26 heavy (non-hydrogen) atoms. The molecule has 0 aromatic heterocycles. The number of benzene rings is 2. The van der Waals surface area contributed by atoms with E-state index in [0.717, 1.165) is 45.4 Å². The lowest BCUT2D eigenvalue weighted by atomic mass is 9.95. The van der Waals surface area contributed by atoms with Crippen LogP contribution in [0.2, 0.25) is 0 Å². The van der Waals surface area contributed by atoms with Crippen LogP contribution in [0.4, 0.5) is 0 Å². The van der Waals surface area contributed by atoms with Crippen LogP contribution in [0.1, 0.15) is 35.6 Å². The molecule has 2 aliphatic rings. The van der Waals surface area contributed by atoms with Gasteiger partial charge in [-0.15, -0.1) is 31.4 Å².